The molecule has 120 valence electrons. The first kappa shape index (κ1) is 16.9. The molecule has 1 amide bonds. The molecule has 1 aromatic carbocycles. The third kappa shape index (κ3) is 4.53. The number of aliphatic hydroxyl groups is 1. The zero-order valence-corrected chi connectivity index (χ0v) is 13.9. The molecule has 0 bridgehead atoms. The first-order chi connectivity index (χ1) is 10.6. The molecule has 2 unspecified atom stereocenters. The average Bonchev–Trinajstić information content (AvgIpc) is 2.96. The minimum absolute atomic E-state index is 0.0173. The van der Waals surface area contributed by atoms with Gasteiger partial charge in [-0.2, -0.15) is 0 Å². The Morgan fingerprint density at radius 1 is 1.41 bits per heavy atom. The molecule has 1 aromatic heterocycles. The molecule has 0 fully saturated rings. The summed E-state index contributed by atoms with van der Waals surface area (Å²) in [6.45, 7) is 2.82. The molecular formula is C17H23NO3S. The lowest BCUT2D eigenvalue weighted by Gasteiger charge is -2.14. The lowest BCUT2D eigenvalue weighted by molar-refractivity contribution is -0.125. The number of fused-ring (bicyclic) bond motifs is 1. The summed E-state index contributed by atoms with van der Waals surface area (Å²) < 4.78 is 6.14. The summed E-state index contributed by atoms with van der Waals surface area (Å²) >= 11 is 1.56. The summed E-state index contributed by atoms with van der Waals surface area (Å²) in [6.07, 6.45) is 0.996. The van der Waals surface area contributed by atoms with Crippen LogP contribution in [0.2, 0.25) is 0 Å². The van der Waals surface area contributed by atoms with Gasteiger partial charge in [-0.15, -0.1) is 11.3 Å². The van der Waals surface area contributed by atoms with Crippen LogP contribution in [0.1, 0.15) is 30.7 Å². The van der Waals surface area contributed by atoms with Gasteiger partial charge in [-0.1, -0.05) is 25.1 Å². The van der Waals surface area contributed by atoms with Crippen LogP contribution < -0.4 is 5.32 Å². The molecule has 0 aliphatic rings. The van der Waals surface area contributed by atoms with Crippen LogP contribution in [-0.4, -0.2) is 31.3 Å². The van der Waals surface area contributed by atoms with Gasteiger partial charge in [0.25, 0.3) is 0 Å². The number of amides is 1. The number of aliphatic hydroxyl groups excluding tert-OH is 1. The van der Waals surface area contributed by atoms with E-state index in [0.29, 0.717) is 6.61 Å². The third-order valence-corrected chi connectivity index (χ3v) is 4.89. The van der Waals surface area contributed by atoms with Crippen molar-refractivity contribution >= 4 is 27.3 Å². The number of hydrogen-bond acceptors (Lipinski definition) is 4. The van der Waals surface area contributed by atoms with Crippen molar-refractivity contribution in [3.05, 3.63) is 35.2 Å². The van der Waals surface area contributed by atoms with Gasteiger partial charge in [-0.25, -0.2) is 0 Å². The number of benzene rings is 1. The minimum Gasteiger partial charge on any atom is -0.386 e. The van der Waals surface area contributed by atoms with E-state index in [0.717, 1.165) is 27.8 Å². The number of carbonyl (C=O) groups is 1. The van der Waals surface area contributed by atoms with Crippen LogP contribution in [0.15, 0.2) is 30.3 Å². The molecule has 0 saturated carbocycles. The number of methoxy groups -OCH3 is 1. The molecule has 2 N–H and O–H groups in total. The SMILES string of the molecule is COCCCC(C)C(=O)NCC(O)c1cc2ccccc2s1. The smallest absolute Gasteiger partial charge is 0.222 e. The third-order valence-electron chi connectivity index (χ3n) is 3.68. The van der Waals surface area contributed by atoms with Crippen LogP contribution in [0.4, 0.5) is 0 Å². The quantitative estimate of drug-likeness (QED) is 0.735. The Balaban J connectivity index is 1.84. The van der Waals surface area contributed by atoms with Crippen LogP contribution in [0, 0.1) is 5.92 Å². The highest BCUT2D eigenvalue weighted by molar-refractivity contribution is 7.19. The molecule has 1 heterocycles. The fourth-order valence-corrected chi connectivity index (χ4v) is 3.35. The second-order valence-electron chi connectivity index (χ2n) is 5.48. The van der Waals surface area contributed by atoms with E-state index < -0.39 is 6.10 Å². The molecular weight excluding hydrogens is 298 g/mol. The Morgan fingerprint density at radius 3 is 2.91 bits per heavy atom. The van der Waals surface area contributed by atoms with Gasteiger partial charge >= 0.3 is 0 Å². The highest BCUT2D eigenvalue weighted by Gasteiger charge is 2.16. The van der Waals surface area contributed by atoms with Crippen LogP contribution in [0.3, 0.4) is 0 Å². The maximum atomic E-state index is 12.0. The van der Waals surface area contributed by atoms with Gasteiger partial charge in [-0.05, 0) is 30.4 Å². The van der Waals surface area contributed by atoms with Crippen molar-refractivity contribution < 1.29 is 14.6 Å². The van der Waals surface area contributed by atoms with E-state index in [2.05, 4.69) is 5.32 Å². The van der Waals surface area contributed by atoms with Crippen molar-refractivity contribution in [2.24, 2.45) is 5.92 Å². The van der Waals surface area contributed by atoms with E-state index in [1.165, 1.54) is 0 Å². The first-order valence-corrected chi connectivity index (χ1v) is 8.36. The molecule has 0 spiro atoms. The summed E-state index contributed by atoms with van der Waals surface area (Å²) in [5.74, 6) is -0.0824. The molecule has 4 nitrogen and oxygen atoms in total. The average molecular weight is 321 g/mol. The molecule has 2 rings (SSSR count). The monoisotopic (exact) mass is 321 g/mol. The Labute approximate surface area is 135 Å². The van der Waals surface area contributed by atoms with Gasteiger partial charge in [0.15, 0.2) is 0 Å². The molecule has 0 saturated heterocycles. The summed E-state index contributed by atoms with van der Waals surface area (Å²) in [6, 6.07) is 10.0. The van der Waals surface area contributed by atoms with Gasteiger partial charge < -0.3 is 15.2 Å². The lowest BCUT2D eigenvalue weighted by Crippen LogP contribution is -2.32. The van der Waals surface area contributed by atoms with Crippen LogP contribution >= 0.6 is 11.3 Å². The fourth-order valence-electron chi connectivity index (χ4n) is 2.30. The molecule has 0 aliphatic heterocycles. The molecule has 0 radical (unpaired) electrons. The topological polar surface area (TPSA) is 58.6 Å². The number of ether oxygens (including phenoxy) is 1. The van der Waals surface area contributed by atoms with Crippen LogP contribution in [0.25, 0.3) is 10.1 Å². The Kier molecular flexibility index (Phi) is 6.36. The number of carbonyl (C=O) groups excluding carboxylic acids is 1. The van der Waals surface area contributed by atoms with Crippen molar-refractivity contribution in [1.82, 2.24) is 5.32 Å². The fraction of sp³-hybridized carbons (Fsp3) is 0.471. The van der Waals surface area contributed by atoms with Crippen molar-refractivity contribution in [3.8, 4) is 0 Å². The van der Waals surface area contributed by atoms with E-state index in [-0.39, 0.29) is 18.4 Å². The summed E-state index contributed by atoms with van der Waals surface area (Å²) in [7, 11) is 1.66. The largest absolute Gasteiger partial charge is 0.386 e. The maximum absolute atomic E-state index is 12.0. The summed E-state index contributed by atoms with van der Waals surface area (Å²) in [5, 5.41) is 14.2. The van der Waals surface area contributed by atoms with E-state index >= 15 is 0 Å². The molecule has 2 atom stereocenters. The van der Waals surface area contributed by atoms with Crippen LogP contribution in [-0.2, 0) is 9.53 Å². The molecule has 22 heavy (non-hydrogen) atoms. The number of hydrogen-bond donors (Lipinski definition) is 2. The van der Waals surface area contributed by atoms with E-state index in [1.54, 1.807) is 18.4 Å². The number of thiophene rings is 1. The van der Waals surface area contributed by atoms with E-state index in [1.807, 2.05) is 37.3 Å². The molecule has 5 heteroatoms. The number of rotatable bonds is 8. The highest BCUT2D eigenvalue weighted by Crippen LogP contribution is 2.29. The first-order valence-electron chi connectivity index (χ1n) is 7.55. The highest BCUT2D eigenvalue weighted by atomic mass is 32.1. The van der Waals surface area contributed by atoms with Gasteiger partial charge in [0.05, 0.1) is 0 Å². The Hall–Kier alpha value is -1.43. The van der Waals surface area contributed by atoms with Gasteiger partial charge in [0, 0.05) is 35.8 Å². The Morgan fingerprint density at radius 2 is 2.18 bits per heavy atom. The van der Waals surface area contributed by atoms with Crippen LogP contribution in [0.5, 0.6) is 0 Å². The number of nitrogens with one attached hydrogen (secondary N) is 1. The molecule has 0 aliphatic carbocycles. The predicted molar refractivity (Wildman–Crippen MR) is 90.1 cm³/mol. The lowest BCUT2D eigenvalue weighted by atomic mass is 10.1. The maximum Gasteiger partial charge on any atom is 0.222 e. The van der Waals surface area contributed by atoms with Gasteiger partial charge in [0.1, 0.15) is 6.10 Å². The van der Waals surface area contributed by atoms with Gasteiger partial charge in [0.2, 0.25) is 5.91 Å². The minimum atomic E-state index is -0.660. The van der Waals surface area contributed by atoms with Crippen molar-refractivity contribution in [2.75, 3.05) is 20.3 Å². The van der Waals surface area contributed by atoms with Crippen molar-refractivity contribution in [1.29, 1.82) is 0 Å². The van der Waals surface area contributed by atoms with E-state index in [9.17, 15) is 9.90 Å². The zero-order chi connectivity index (χ0) is 15.9. The standard InChI is InChI=1S/C17H23NO3S/c1-12(6-5-9-21-2)17(20)18-11-14(19)16-10-13-7-3-4-8-15(13)22-16/h3-4,7-8,10,12,14,19H,5-6,9,11H2,1-2H3,(H,18,20). The summed E-state index contributed by atoms with van der Waals surface area (Å²) in [5.41, 5.74) is 0. The second-order valence-corrected chi connectivity index (χ2v) is 6.60. The predicted octanol–water partition coefficient (Wildman–Crippen LogP) is 3.11. The van der Waals surface area contributed by atoms with Crippen molar-refractivity contribution in [3.63, 3.8) is 0 Å². The summed E-state index contributed by atoms with van der Waals surface area (Å²) in [4.78, 5) is 12.9. The second kappa shape index (κ2) is 8.27. The Bertz CT molecular complexity index is 578. The zero-order valence-electron chi connectivity index (χ0n) is 13.0. The van der Waals surface area contributed by atoms with E-state index in [4.69, 9.17) is 4.74 Å². The van der Waals surface area contributed by atoms with Crippen molar-refractivity contribution in [2.45, 2.75) is 25.9 Å². The van der Waals surface area contributed by atoms with Gasteiger partial charge in [-0.3, -0.25) is 4.79 Å². The normalized spacial score (nSPS) is 14.0. The molecule has 2 aromatic rings.